The fourth-order valence-electron chi connectivity index (χ4n) is 14.1. The predicted molar refractivity (Wildman–Crippen MR) is 496 cm³/mol. The van der Waals surface area contributed by atoms with Crippen LogP contribution < -0.4 is 25.1 Å². The number of phenols is 3. The number of rotatable bonds is 14. The quantitative estimate of drug-likeness (QED) is 0.0483. The lowest BCUT2D eigenvalue weighted by atomic mass is 9.98. The molecule has 0 fully saturated rings. The van der Waals surface area contributed by atoms with Crippen LogP contribution in [0.25, 0.3) is 89.8 Å². The number of aromatic carboxylic acids is 7. The first kappa shape index (κ1) is 94.6. The van der Waals surface area contributed by atoms with Crippen LogP contribution in [0.4, 0.5) is 0 Å². The maximum Gasteiger partial charge on any atom is 0.354 e. The van der Waals surface area contributed by atoms with E-state index in [9.17, 15) is 72.9 Å². The van der Waals surface area contributed by atoms with Gasteiger partial charge < -0.3 is 78.5 Å². The number of pyridine rings is 8. The van der Waals surface area contributed by atoms with Gasteiger partial charge in [-0.2, -0.15) is 0 Å². The molecule has 14 heterocycles. The van der Waals surface area contributed by atoms with E-state index < -0.39 is 60.1 Å². The Labute approximate surface area is 785 Å². The molecule has 21 rings (SSSR count). The number of hydrogen-bond acceptors (Lipinski definition) is 30. The Hall–Kier alpha value is -20.0. The van der Waals surface area contributed by atoms with E-state index in [-0.39, 0.29) is 139 Å². The number of oxazole rings is 1. The van der Waals surface area contributed by atoms with E-state index in [1.807, 2.05) is 54.6 Å². The molecule has 0 bridgehead atoms. The molecule has 0 radical (unpaired) electrons. The molecule has 3 aliphatic rings. The number of carbonyl (C=O) groups is 10. The van der Waals surface area contributed by atoms with E-state index in [0.29, 0.717) is 90.5 Å². The van der Waals surface area contributed by atoms with Gasteiger partial charge in [0.25, 0.3) is 0 Å². The van der Waals surface area contributed by atoms with Gasteiger partial charge >= 0.3 is 41.8 Å². The summed E-state index contributed by atoms with van der Waals surface area (Å²) in [7, 11) is 0. The summed E-state index contributed by atoms with van der Waals surface area (Å²) in [6.07, 6.45) is -1.55. The van der Waals surface area contributed by atoms with Gasteiger partial charge in [-0.1, -0.05) is 103 Å². The van der Waals surface area contributed by atoms with Gasteiger partial charge in [-0.15, -0.1) is 0 Å². The van der Waals surface area contributed by atoms with E-state index >= 15 is 0 Å². The van der Waals surface area contributed by atoms with Crippen LogP contribution in [0, 0.1) is 0 Å². The highest BCUT2D eigenvalue weighted by molar-refractivity contribution is 6.02. The van der Waals surface area contributed by atoms with Crippen molar-refractivity contribution in [1.82, 2.24) is 44.9 Å². The van der Waals surface area contributed by atoms with Crippen molar-refractivity contribution in [3.63, 3.8) is 0 Å². The van der Waals surface area contributed by atoms with Crippen molar-refractivity contribution in [3.05, 3.63) is 397 Å². The monoisotopic (exact) mass is 1880 g/mol. The average molecular weight is 1880 g/mol. The fraction of sp³-hybridized carbons (Fsp3) is 0.0583. The molecule has 18 aromatic rings. The Morgan fingerprint density at radius 3 is 1.16 bits per heavy atom. The number of para-hydroxylation sites is 5. The maximum absolute atomic E-state index is 12.1. The second-order valence-corrected chi connectivity index (χ2v) is 30.2. The number of benzene rings is 7. The predicted octanol–water partition coefficient (Wildman–Crippen LogP) is 17.3. The molecule has 0 saturated heterocycles. The Balaban J connectivity index is 0.000000124. The highest BCUT2D eigenvalue weighted by atomic mass is 16.5. The number of carboxylic acid groups (broad SMARTS) is 7. The lowest BCUT2D eigenvalue weighted by Crippen LogP contribution is -2.21. The van der Waals surface area contributed by atoms with E-state index in [1.165, 1.54) is 115 Å². The first-order valence-corrected chi connectivity index (χ1v) is 41.7. The number of carboxylic acids is 7. The third kappa shape index (κ3) is 22.8. The van der Waals surface area contributed by atoms with Crippen LogP contribution >= 0.6 is 0 Å². The topological polar surface area (TPSA) is 590 Å². The zero-order valence-electron chi connectivity index (χ0n) is 72.1. The van der Waals surface area contributed by atoms with Gasteiger partial charge in [0, 0.05) is 23.6 Å². The van der Waals surface area contributed by atoms with E-state index in [0.717, 1.165) is 16.4 Å². The van der Waals surface area contributed by atoms with Gasteiger partial charge in [-0.3, -0.25) is 24.0 Å². The summed E-state index contributed by atoms with van der Waals surface area (Å²) < 4.78 is 33.8. The summed E-state index contributed by atoms with van der Waals surface area (Å²) in [5.41, 5.74) is 6.61. The molecule has 37 nitrogen and oxygen atoms in total. The maximum atomic E-state index is 12.1. The summed E-state index contributed by atoms with van der Waals surface area (Å²) in [4.78, 5) is 173. The number of hydrogen-bond donors (Lipinski definition) is 10. The Morgan fingerprint density at radius 1 is 0.257 bits per heavy atom. The highest BCUT2D eigenvalue weighted by Gasteiger charge is 2.33. The highest BCUT2D eigenvalue weighted by Crippen LogP contribution is 2.40. The minimum Gasteiger partial charge on any atom is -0.508 e. The molecule has 0 saturated carbocycles. The normalized spacial score (nSPS) is 13.5. The van der Waals surface area contributed by atoms with Crippen molar-refractivity contribution in [2.45, 2.75) is 37.6 Å². The van der Waals surface area contributed by atoms with Gasteiger partial charge in [-0.05, 0) is 182 Å². The minimum atomic E-state index is -1.16. The van der Waals surface area contributed by atoms with E-state index in [4.69, 9.17) is 63.2 Å². The minimum absolute atomic E-state index is 0.00449. The number of carbonyl (C=O) groups excluding carboxylic acids is 3. The summed E-state index contributed by atoms with van der Waals surface area (Å²) >= 11 is 0. The van der Waals surface area contributed by atoms with E-state index in [1.54, 1.807) is 133 Å². The van der Waals surface area contributed by atoms with Gasteiger partial charge in [0.15, 0.2) is 45.3 Å². The zero-order valence-corrected chi connectivity index (χ0v) is 72.1. The molecule has 11 aromatic heterocycles. The van der Waals surface area contributed by atoms with Crippen LogP contribution in [-0.2, 0) is 0 Å². The molecule has 0 amide bonds. The molecule has 7 aromatic carbocycles. The Bertz CT molecular complexity index is 8050. The molecule has 3 unspecified atom stereocenters. The first-order valence-electron chi connectivity index (χ1n) is 41.7. The van der Waals surface area contributed by atoms with Crippen LogP contribution in [0.2, 0.25) is 0 Å². The number of Topliss-reactive ketones (excluding diaryl/α,β-unsaturated/α-hetero) is 3. The lowest BCUT2D eigenvalue weighted by molar-refractivity contribution is 0.0677. The van der Waals surface area contributed by atoms with Crippen molar-refractivity contribution >= 4 is 103 Å². The molecule has 3 aliphatic heterocycles. The van der Waals surface area contributed by atoms with Gasteiger partial charge in [0.2, 0.25) is 5.89 Å². The number of ketones is 3. The number of aromatic hydroxyl groups is 3. The average Bonchev–Trinajstić information content (AvgIpc) is 0.933. The Kier molecular flexibility index (Phi) is 28.6. The molecular weight excluding hydrogens is 1810 g/mol. The van der Waals surface area contributed by atoms with Crippen molar-refractivity contribution in [1.29, 1.82) is 0 Å². The van der Waals surface area contributed by atoms with Crippen molar-refractivity contribution in [2.24, 2.45) is 0 Å². The van der Waals surface area contributed by atoms with Gasteiger partial charge in [0.1, 0.15) is 126 Å². The number of nitrogens with zero attached hydrogens (tertiary/aromatic N) is 9. The van der Waals surface area contributed by atoms with Crippen LogP contribution in [0.5, 0.6) is 34.5 Å². The SMILES string of the molecule is O=C(O)c1cccc(-c2cc(=O)c3cc(O)ccc3o2)n1.O=C(O)c1cccc(-c2cc(=O)c3ccccc3o2)n1.O=C(O)c1cccc(-c2ccc3ccccc3n2)n1.O=C(O)c1cccc(-c2nc3ccccc3o2)n1.O=C(O)c1cccc(C2CC(=O)c3cc(O)ccc3O2)n1.O=C(O)c1cccc(C2CC(=O)c3ccc(O)cc3O2)n1.O=C(O)c1cccc(C2CC(=O)c3ccccc3O2)n1. The molecule has 694 valence electrons. The summed E-state index contributed by atoms with van der Waals surface area (Å²) in [5, 5.41) is 92.5. The molecule has 140 heavy (non-hydrogen) atoms. The number of aromatic nitrogens is 9. The van der Waals surface area contributed by atoms with Crippen molar-refractivity contribution in [2.75, 3.05) is 0 Å². The van der Waals surface area contributed by atoms with Gasteiger partial charge in [0.05, 0.1) is 80.7 Å². The zero-order chi connectivity index (χ0) is 99.0. The van der Waals surface area contributed by atoms with E-state index in [2.05, 4.69) is 44.9 Å². The van der Waals surface area contributed by atoms with Crippen LogP contribution in [0.1, 0.15) is 159 Å². The lowest BCUT2D eigenvalue weighted by Gasteiger charge is -2.25. The fourth-order valence-corrected chi connectivity index (χ4v) is 14.1. The summed E-state index contributed by atoms with van der Waals surface area (Å²) in [6.45, 7) is 0. The number of ether oxygens (including phenoxy) is 3. The van der Waals surface area contributed by atoms with Crippen LogP contribution in [-0.4, -0.2) is 155 Å². The number of fused-ring (bicyclic) bond motifs is 7. The second kappa shape index (κ2) is 42.3. The molecular formula is C103H69N9O28. The smallest absolute Gasteiger partial charge is 0.354 e. The largest absolute Gasteiger partial charge is 0.508 e. The standard InChI is InChI=1S/C15H10N2O2.C15H11NO5.C15H9NO5.C15H11NO5.C15H11NO4.C15H9NO4.C13H8N2O3/c18-15(19)14-7-3-6-12(17-14)13-9-8-10-4-1-2-5-11(10)16-13;2*17-8-4-5-13-9(6-8)12(18)7-14(21-13)10-2-1-3-11(16-10)15(19)20;17-8-4-5-9-12(18)7-14(21-13(9)6-8)10-2-1-3-11(16-10)15(19)20;2*17-12-8-14(20-13-7-2-1-4-9(12)13)10-5-3-6-11(16-10)15(18)19;16-13(17)10-6-3-5-9(14-10)12-15-8-4-1-2-7-11(8)18-12/h1-9H,(H,18,19);1-6,14,17H,7H2,(H,19,20);1-7,17H,(H,19,20);1-6,14,17H,7H2,(H,19,20);1-7,14H,8H2,(H,18,19);1-8H,(H,18,19);1-7H,(H,16,17). The molecule has 3 atom stereocenters. The summed E-state index contributed by atoms with van der Waals surface area (Å²) in [6, 6.07) is 80.4. The molecule has 0 spiro atoms. The Morgan fingerprint density at radius 2 is 0.629 bits per heavy atom. The molecule has 0 aliphatic carbocycles. The number of phenolic OH excluding ortho intramolecular Hbond substituents is 3. The third-order valence-corrected chi connectivity index (χ3v) is 20.7. The summed E-state index contributed by atoms with van der Waals surface area (Å²) in [5.74, 6) is -6.30. The molecule has 37 heteroatoms. The van der Waals surface area contributed by atoms with Gasteiger partial charge in [-0.25, -0.2) is 78.4 Å². The second-order valence-electron chi connectivity index (χ2n) is 30.2. The first-order chi connectivity index (χ1) is 67.4. The molecule has 10 N–H and O–H groups in total. The van der Waals surface area contributed by atoms with Crippen molar-refractivity contribution in [3.8, 4) is 80.4 Å². The third-order valence-electron chi connectivity index (χ3n) is 20.7. The van der Waals surface area contributed by atoms with Crippen LogP contribution in [0.3, 0.4) is 0 Å². The van der Waals surface area contributed by atoms with Crippen molar-refractivity contribution < 1.29 is 126 Å². The van der Waals surface area contributed by atoms with Crippen LogP contribution in [0.15, 0.2) is 326 Å².